The van der Waals surface area contributed by atoms with Crippen molar-refractivity contribution in [3.05, 3.63) is 70.3 Å². The van der Waals surface area contributed by atoms with Crippen molar-refractivity contribution in [1.82, 2.24) is 10.6 Å². The molecule has 29 heavy (non-hydrogen) atoms. The number of aryl methyl sites for hydroxylation is 3. The topological polar surface area (TPSA) is 84.5 Å². The van der Waals surface area contributed by atoms with Gasteiger partial charge in [0, 0.05) is 12.1 Å². The number of hydrogen-bond donors (Lipinski definition) is 2. The largest absolute Gasteiger partial charge is 0.456 e. The monoisotopic (exact) mass is 396 g/mol. The van der Waals surface area contributed by atoms with Gasteiger partial charge in [0.15, 0.2) is 6.61 Å². The van der Waals surface area contributed by atoms with E-state index in [2.05, 4.69) is 10.6 Å². The maximum absolute atomic E-state index is 12.1. The van der Waals surface area contributed by atoms with Crippen molar-refractivity contribution in [3.8, 4) is 0 Å². The van der Waals surface area contributed by atoms with E-state index in [-0.39, 0.29) is 37.4 Å². The number of carbonyl (C=O) groups is 3. The Morgan fingerprint density at radius 3 is 2.38 bits per heavy atom. The Kier molecular flexibility index (Phi) is 7.95. The molecule has 0 aliphatic rings. The minimum absolute atomic E-state index is 0.00237. The SMILES string of the molecule is Cc1ccc(C(C)NC(=O)COC(=O)CCNC(=O)c2ccccc2C)cc1C. The first-order chi connectivity index (χ1) is 13.8. The summed E-state index contributed by atoms with van der Waals surface area (Å²) in [6.07, 6.45) is -0.00237. The molecule has 0 heterocycles. The lowest BCUT2D eigenvalue weighted by Crippen LogP contribution is -2.32. The Balaban J connectivity index is 1.70. The van der Waals surface area contributed by atoms with Crippen LogP contribution in [0.1, 0.15) is 52.0 Å². The van der Waals surface area contributed by atoms with Gasteiger partial charge in [-0.15, -0.1) is 0 Å². The standard InChI is InChI=1S/C23H28N2O4/c1-15-9-10-19(13-17(15)3)18(4)25-21(26)14-29-22(27)11-12-24-23(28)20-8-6-5-7-16(20)2/h5-10,13,18H,11-12,14H2,1-4H3,(H,24,28)(H,25,26). The van der Waals surface area contributed by atoms with Crippen molar-refractivity contribution >= 4 is 17.8 Å². The molecule has 0 aliphatic heterocycles. The zero-order valence-electron chi connectivity index (χ0n) is 17.4. The zero-order valence-corrected chi connectivity index (χ0v) is 17.4. The van der Waals surface area contributed by atoms with Crippen molar-refractivity contribution in [3.63, 3.8) is 0 Å². The van der Waals surface area contributed by atoms with Crippen molar-refractivity contribution < 1.29 is 19.1 Å². The molecule has 0 saturated carbocycles. The fourth-order valence-corrected chi connectivity index (χ4v) is 2.82. The van der Waals surface area contributed by atoms with Crippen LogP contribution in [0.2, 0.25) is 0 Å². The number of carbonyl (C=O) groups excluding carboxylic acids is 3. The molecule has 0 spiro atoms. The second-order valence-electron chi connectivity index (χ2n) is 7.11. The number of esters is 1. The number of rotatable bonds is 8. The van der Waals surface area contributed by atoms with E-state index in [1.54, 1.807) is 12.1 Å². The minimum atomic E-state index is -0.538. The molecule has 0 bridgehead atoms. The summed E-state index contributed by atoms with van der Waals surface area (Å²) in [6, 6.07) is 13.0. The van der Waals surface area contributed by atoms with Crippen LogP contribution in [0.25, 0.3) is 0 Å². The van der Waals surface area contributed by atoms with Crippen LogP contribution in [0.5, 0.6) is 0 Å². The third-order valence-electron chi connectivity index (χ3n) is 4.78. The third-order valence-corrected chi connectivity index (χ3v) is 4.78. The average molecular weight is 396 g/mol. The maximum atomic E-state index is 12.1. The third kappa shape index (κ3) is 6.75. The van der Waals surface area contributed by atoms with Gasteiger partial charge in [0.25, 0.3) is 11.8 Å². The predicted octanol–water partition coefficient (Wildman–Crippen LogP) is 3.15. The van der Waals surface area contributed by atoms with Gasteiger partial charge in [-0.25, -0.2) is 0 Å². The lowest BCUT2D eigenvalue weighted by Gasteiger charge is -2.16. The fourth-order valence-electron chi connectivity index (χ4n) is 2.82. The molecule has 0 radical (unpaired) electrons. The van der Waals surface area contributed by atoms with Crippen LogP contribution in [0.4, 0.5) is 0 Å². The summed E-state index contributed by atoms with van der Waals surface area (Å²) in [5.74, 6) is -1.15. The highest BCUT2D eigenvalue weighted by molar-refractivity contribution is 5.95. The van der Waals surface area contributed by atoms with Crippen LogP contribution in [0.3, 0.4) is 0 Å². The summed E-state index contributed by atoms with van der Waals surface area (Å²) in [5.41, 5.74) is 4.77. The number of nitrogens with one attached hydrogen (secondary N) is 2. The van der Waals surface area contributed by atoms with Crippen molar-refractivity contribution in [2.45, 2.75) is 40.2 Å². The van der Waals surface area contributed by atoms with Gasteiger partial charge in [0.05, 0.1) is 12.5 Å². The Labute approximate surface area is 171 Å². The quantitative estimate of drug-likeness (QED) is 0.672. The zero-order chi connectivity index (χ0) is 21.4. The normalized spacial score (nSPS) is 11.4. The van der Waals surface area contributed by atoms with E-state index in [4.69, 9.17) is 4.74 Å². The first-order valence-corrected chi connectivity index (χ1v) is 9.64. The van der Waals surface area contributed by atoms with Crippen LogP contribution in [-0.2, 0) is 14.3 Å². The molecular weight excluding hydrogens is 368 g/mol. The van der Waals surface area contributed by atoms with Gasteiger partial charge >= 0.3 is 5.97 Å². The molecule has 6 nitrogen and oxygen atoms in total. The molecule has 154 valence electrons. The molecule has 6 heteroatoms. The van der Waals surface area contributed by atoms with Gasteiger partial charge in [-0.05, 0) is 56.0 Å². The van der Waals surface area contributed by atoms with Crippen LogP contribution in [-0.4, -0.2) is 30.9 Å². The van der Waals surface area contributed by atoms with Gasteiger partial charge in [-0.3, -0.25) is 14.4 Å². The smallest absolute Gasteiger partial charge is 0.308 e. The highest BCUT2D eigenvalue weighted by atomic mass is 16.5. The summed E-state index contributed by atoms with van der Waals surface area (Å²) in [7, 11) is 0. The molecule has 0 saturated heterocycles. The second-order valence-corrected chi connectivity index (χ2v) is 7.11. The molecule has 0 aromatic heterocycles. The van der Waals surface area contributed by atoms with E-state index in [1.165, 1.54) is 5.56 Å². The van der Waals surface area contributed by atoms with E-state index in [0.717, 1.165) is 16.7 Å². The molecule has 0 aliphatic carbocycles. The maximum Gasteiger partial charge on any atom is 0.308 e. The number of hydrogen-bond acceptors (Lipinski definition) is 4. The average Bonchev–Trinajstić information content (AvgIpc) is 2.68. The Morgan fingerprint density at radius 1 is 0.966 bits per heavy atom. The molecule has 2 rings (SSSR count). The summed E-state index contributed by atoms with van der Waals surface area (Å²) < 4.78 is 4.99. The van der Waals surface area contributed by atoms with Crippen LogP contribution in [0, 0.1) is 20.8 Å². The van der Waals surface area contributed by atoms with Crippen LogP contribution >= 0.6 is 0 Å². The number of ether oxygens (including phenoxy) is 1. The van der Waals surface area contributed by atoms with Crippen LogP contribution in [0.15, 0.2) is 42.5 Å². The fraction of sp³-hybridized carbons (Fsp3) is 0.348. The molecule has 1 unspecified atom stereocenters. The molecule has 2 N–H and O–H groups in total. The van der Waals surface area contributed by atoms with E-state index in [9.17, 15) is 14.4 Å². The number of benzene rings is 2. The van der Waals surface area contributed by atoms with Gasteiger partial charge in [0.1, 0.15) is 0 Å². The van der Waals surface area contributed by atoms with Gasteiger partial charge in [-0.1, -0.05) is 36.4 Å². The van der Waals surface area contributed by atoms with Crippen molar-refractivity contribution in [1.29, 1.82) is 0 Å². The molecular formula is C23H28N2O4. The van der Waals surface area contributed by atoms with E-state index in [0.29, 0.717) is 5.56 Å². The van der Waals surface area contributed by atoms with Crippen molar-refractivity contribution in [2.75, 3.05) is 13.2 Å². The minimum Gasteiger partial charge on any atom is -0.456 e. The summed E-state index contributed by atoms with van der Waals surface area (Å²) in [4.78, 5) is 35.9. The summed E-state index contributed by atoms with van der Waals surface area (Å²) in [5, 5.41) is 5.50. The van der Waals surface area contributed by atoms with Gasteiger partial charge in [-0.2, -0.15) is 0 Å². The van der Waals surface area contributed by atoms with E-state index < -0.39 is 5.97 Å². The molecule has 2 aromatic rings. The van der Waals surface area contributed by atoms with Gasteiger partial charge in [0.2, 0.25) is 0 Å². The highest BCUT2D eigenvalue weighted by Crippen LogP contribution is 2.16. The Morgan fingerprint density at radius 2 is 1.69 bits per heavy atom. The number of amides is 2. The van der Waals surface area contributed by atoms with Crippen LogP contribution < -0.4 is 10.6 Å². The van der Waals surface area contributed by atoms with Gasteiger partial charge < -0.3 is 15.4 Å². The lowest BCUT2D eigenvalue weighted by atomic mass is 10.0. The van der Waals surface area contributed by atoms with E-state index in [1.807, 2.05) is 58.0 Å². The molecule has 2 aromatic carbocycles. The molecule has 1 atom stereocenters. The molecule has 0 fully saturated rings. The molecule has 2 amide bonds. The Bertz CT molecular complexity index is 892. The second kappa shape index (κ2) is 10.4. The van der Waals surface area contributed by atoms with Crippen molar-refractivity contribution in [2.24, 2.45) is 0 Å². The van der Waals surface area contributed by atoms with E-state index >= 15 is 0 Å². The summed E-state index contributed by atoms with van der Waals surface area (Å²) >= 11 is 0. The lowest BCUT2D eigenvalue weighted by molar-refractivity contribution is -0.148. The highest BCUT2D eigenvalue weighted by Gasteiger charge is 2.13. The Hall–Kier alpha value is -3.15. The first-order valence-electron chi connectivity index (χ1n) is 9.64. The first kappa shape index (κ1) is 22.1. The predicted molar refractivity (Wildman–Crippen MR) is 112 cm³/mol. The summed E-state index contributed by atoms with van der Waals surface area (Å²) in [6.45, 7) is 7.58.